The summed E-state index contributed by atoms with van der Waals surface area (Å²) in [7, 11) is 0. The van der Waals surface area contributed by atoms with Gasteiger partial charge in [0.05, 0.1) is 13.1 Å². The Hall–Kier alpha value is -2.02. The van der Waals surface area contributed by atoms with E-state index in [1.54, 1.807) is 0 Å². The van der Waals surface area contributed by atoms with Gasteiger partial charge >= 0.3 is 0 Å². The van der Waals surface area contributed by atoms with Crippen molar-refractivity contribution in [3.8, 4) is 11.1 Å². The standard InChI is InChI=1S/C24H30N4OS/c1-19-5-2-3-8-23(19)20-9-11-22(12-10-20)30(29)28-14-13-25-24(28)27-17-15-26(16-18-27)21-6-4-7-21/h2-3,5,8-12,21H,4,6-7,13-18H2,1H3. The maximum atomic E-state index is 13.4. The van der Waals surface area contributed by atoms with E-state index in [0.717, 1.165) is 61.7 Å². The van der Waals surface area contributed by atoms with Gasteiger partial charge in [-0.3, -0.25) is 4.90 Å². The van der Waals surface area contributed by atoms with Crippen LogP contribution in [0.3, 0.4) is 0 Å². The fraction of sp³-hybridized carbons (Fsp3) is 0.458. The van der Waals surface area contributed by atoms with Gasteiger partial charge in [-0.05, 0) is 60.7 Å². The molecule has 0 bridgehead atoms. The number of aryl methyl sites for hydroxylation is 1. The summed E-state index contributed by atoms with van der Waals surface area (Å²) >= 11 is -1.22. The first-order chi connectivity index (χ1) is 14.7. The molecule has 2 aliphatic heterocycles. The minimum Gasteiger partial charge on any atom is -0.588 e. The van der Waals surface area contributed by atoms with E-state index in [-0.39, 0.29) is 0 Å². The second-order valence-electron chi connectivity index (χ2n) is 8.48. The molecule has 5 rings (SSSR count). The maximum Gasteiger partial charge on any atom is 0.240 e. The van der Waals surface area contributed by atoms with Gasteiger partial charge in [0.1, 0.15) is 11.4 Å². The van der Waals surface area contributed by atoms with Crippen molar-refractivity contribution in [1.82, 2.24) is 14.1 Å². The van der Waals surface area contributed by atoms with Gasteiger partial charge in [-0.15, -0.1) is 0 Å². The van der Waals surface area contributed by atoms with Crippen LogP contribution in [0.15, 0.2) is 58.4 Å². The lowest BCUT2D eigenvalue weighted by Gasteiger charge is -2.43. The number of benzene rings is 2. The van der Waals surface area contributed by atoms with E-state index in [9.17, 15) is 4.55 Å². The first-order valence-electron chi connectivity index (χ1n) is 11.1. The van der Waals surface area contributed by atoms with Crippen LogP contribution in [0, 0.1) is 6.92 Å². The Balaban J connectivity index is 1.26. The highest BCUT2D eigenvalue weighted by Crippen LogP contribution is 2.28. The summed E-state index contributed by atoms with van der Waals surface area (Å²) in [5.74, 6) is 0.921. The van der Waals surface area contributed by atoms with Crippen molar-refractivity contribution in [2.24, 2.45) is 4.99 Å². The van der Waals surface area contributed by atoms with E-state index < -0.39 is 11.4 Å². The fourth-order valence-corrected chi connectivity index (χ4v) is 5.84. The van der Waals surface area contributed by atoms with Gasteiger partial charge in [0.25, 0.3) is 0 Å². The molecule has 1 saturated heterocycles. The van der Waals surface area contributed by atoms with Crippen molar-refractivity contribution in [2.75, 3.05) is 39.3 Å². The molecule has 5 nitrogen and oxygen atoms in total. The fourth-order valence-electron chi connectivity index (χ4n) is 4.65. The lowest BCUT2D eigenvalue weighted by molar-refractivity contribution is 0.0833. The van der Waals surface area contributed by atoms with Gasteiger partial charge in [-0.1, -0.05) is 30.7 Å². The van der Waals surface area contributed by atoms with Crippen molar-refractivity contribution in [1.29, 1.82) is 0 Å². The van der Waals surface area contributed by atoms with E-state index in [1.165, 1.54) is 30.4 Å². The number of guanidine groups is 1. The van der Waals surface area contributed by atoms with E-state index in [2.05, 4.69) is 53.1 Å². The van der Waals surface area contributed by atoms with Gasteiger partial charge in [0.15, 0.2) is 4.90 Å². The van der Waals surface area contributed by atoms with Crippen LogP contribution >= 0.6 is 0 Å². The largest absolute Gasteiger partial charge is 0.588 e. The van der Waals surface area contributed by atoms with E-state index in [1.807, 2.05) is 16.4 Å². The first-order valence-corrected chi connectivity index (χ1v) is 12.2. The molecule has 2 aromatic rings. The zero-order chi connectivity index (χ0) is 20.5. The van der Waals surface area contributed by atoms with Crippen LogP contribution in [0.1, 0.15) is 24.8 Å². The molecule has 0 spiro atoms. The average molecular weight is 423 g/mol. The summed E-state index contributed by atoms with van der Waals surface area (Å²) in [6.07, 6.45) is 4.10. The second-order valence-corrected chi connectivity index (χ2v) is 9.89. The van der Waals surface area contributed by atoms with E-state index in [4.69, 9.17) is 4.99 Å². The molecule has 30 heavy (non-hydrogen) atoms. The highest BCUT2D eigenvalue weighted by atomic mass is 32.2. The number of nitrogens with zero attached hydrogens (tertiary/aromatic N) is 4. The van der Waals surface area contributed by atoms with Crippen LogP contribution in [0.2, 0.25) is 0 Å². The summed E-state index contributed by atoms with van der Waals surface area (Å²) in [5, 5.41) is 0. The Labute approximate surface area is 182 Å². The monoisotopic (exact) mass is 422 g/mol. The lowest BCUT2D eigenvalue weighted by Crippen LogP contribution is -2.56. The van der Waals surface area contributed by atoms with Crippen molar-refractivity contribution in [3.05, 3.63) is 54.1 Å². The normalized spacial score (nSPS) is 21.5. The van der Waals surface area contributed by atoms with Crippen molar-refractivity contribution < 1.29 is 4.55 Å². The van der Waals surface area contributed by atoms with E-state index in [0.29, 0.717) is 0 Å². The molecule has 0 amide bonds. The molecule has 2 heterocycles. The smallest absolute Gasteiger partial charge is 0.240 e. The molecule has 0 radical (unpaired) electrons. The number of hydrogen-bond donors (Lipinski definition) is 0. The zero-order valence-electron chi connectivity index (χ0n) is 17.7. The molecule has 6 heteroatoms. The predicted molar refractivity (Wildman–Crippen MR) is 123 cm³/mol. The van der Waals surface area contributed by atoms with Gasteiger partial charge < -0.3 is 9.45 Å². The summed E-state index contributed by atoms with van der Waals surface area (Å²) in [6, 6.07) is 17.4. The third kappa shape index (κ3) is 3.84. The number of piperazine rings is 1. The number of hydrogen-bond acceptors (Lipinski definition) is 5. The van der Waals surface area contributed by atoms with Crippen molar-refractivity contribution >= 4 is 17.3 Å². The van der Waals surface area contributed by atoms with Gasteiger partial charge in [-0.2, -0.15) is 4.31 Å². The topological polar surface area (TPSA) is 45.1 Å². The quantitative estimate of drug-likeness (QED) is 0.707. The molecule has 2 fully saturated rings. The summed E-state index contributed by atoms with van der Waals surface area (Å²) in [5.41, 5.74) is 3.64. The molecule has 0 aromatic heterocycles. The molecule has 1 aliphatic carbocycles. The Bertz CT molecular complexity index is 904. The number of aliphatic imine (C=N–C) groups is 1. The SMILES string of the molecule is Cc1ccccc1-c1ccc([S+]([O-])N2CCN=C2N2CCN(C3CCC3)CC2)cc1. The predicted octanol–water partition coefficient (Wildman–Crippen LogP) is 3.53. The zero-order valence-corrected chi connectivity index (χ0v) is 18.5. The molecule has 0 N–H and O–H groups in total. The molecular weight excluding hydrogens is 392 g/mol. The van der Waals surface area contributed by atoms with Gasteiger partial charge in [-0.25, -0.2) is 4.99 Å². The van der Waals surface area contributed by atoms with Crippen LogP contribution in [0.25, 0.3) is 11.1 Å². The highest BCUT2D eigenvalue weighted by Gasteiger charge is 2.36. The molecule has 158 valence electrons. The maximum absolute atomic E-state index is 13.4. The molecule has 1 unspecified atom stereocenters. The molecule has 3 aliphatic rings. The Morgan fingerprint density at radius 1 is 0.933 bits per heavy atom. The first kappa shape index (κ1) is 19.9. The highest BCUT2D eigenvalue weighted by molar-refractivity contribution is 7.89. The Kier molecular flexibility index (Phi) is 5.72. The van der Waals surface area contributed by atoms with Crippen molar-refractivity contribution in [2.45, 2.75) is 37.1 Å². The van der Waals surface area contributed by atoms with Gasteiger partial charge in [0.2, 0.25) is 5.96 Å². The van der Waals surface area contributed by atoms with E-state index >= 15 is 0 Å². The van der Waals surface area contributed by atoms with Crippen LogP contribution in [-0.4, -0.2) is 69.9 Å². The van der Waals surface area contributed by atoms with Crippen LogP contribution < -0.4 is 0 Å². The summed E-state index contributed by atoms with van der Waals surface area (Å²) in [6.45, 7) is 7.73. The van der Waals surface area contributed by atoms with Crippen molar-refractivity contribution in [3.63, 3.8) is 0 Å². The minimum absolute atomic E-state index is 0.727. The summed E-state index contributed by atoms with van der Waals surface area (Å²) in [4.78, 5) is 10.5. The molecule has 2 aromatic carbocycles. The van der Waals surface area contributed by atoms with Crippen LogP contribution in [0.5, 0.6) is 0 Å². The Morgan fingerprint density at radius 3 is 2.33 bits per heavy atom. The second kappa shape index (κ2) is 8.61. The molecular formula is C24H30N4OS. The Morgan fingerprint density at radius 2 is 1.67 bits per heavy atom. The van der Waals surface area contributed by atoms with Gasteiger partial charge in [0, 0.05) is 32.2 Å². The summed E-state index contributed by atoms with van der Waals surface area (Å²) < 4.78 is 15.3. The molecule has 1 atom stereocenters. The third-order valence-electron chi connectivity index (χ3n) is 6.68. The van der Waals surface area contributed by atoms with Crippen LogP contribution in [-0.2, 0) is 11.4 Å². The number of rotatable bonds is 4. The lowest BCUT2D eigenvalue weighted by atomic mass is 9.91. The average Bonchev–Trinajstić information content (AvgIpc) is 3.23. The minimum atomic E-state index is -1.22. The molecule has 1 saturated carbocycles. The third-order valence-corrected chi connectivity index (χ3v) is 8.10. The van der Waals surface area contributed by atoms with Crippen LogP contribution in [0.4, 0.5) is 0 Å².